The summed E-state index contributed by atoms with van der Waals surface area (Å²) in [5, 5.41) is 0. The molecule has 0 aliphatic rings. The third kappa shape index (κ3) is 3.18. The normalized spacial score (nSPS) is 15.4. The van der Waals surface area contributed by atoms with Crippen molar-refractivity contribution in [3.63, 3.8) is 0 Å². The summed E-state index contributed by atoms with van der Waals surface area (Å²) in [6.07, 6.45) is -2.11. The highest BCUT2D eigenvalue weighted by atomic mass is 19.4. The van der Waals surface area contributed by atoms with Crippen LogP contribution in [0, 0.1) is 0 Å². The van der Waals surface area contributed by atoms with E-state index in [1.165, 1.54) is 7.11 Å². The van der Waals surface area contributed by atoms with Gasteiger partial charge >= 0.3 is 6.18 Å². The van der Waals surface area contributed by atoms with Gasteiger partial charge in [0.1, 0.15) is 0 Å². The van der Waals surface area contributed by atoms with Crippen molar-refractivity contribution in [3.8, 4) is 0 Å². The van der Waals surface area contributed by atoms with Crippen molar-refractivity contribution in [3.05, 3.63) is 29.6 Å². The van der Waals surface area contributed by atoms with Crippen LogP contribution < -0.4 is 11.3 Å². The van der Waals surface area contributed by atoms with Crippen LogP contribution in [-0.4, -0.2) is 18.2 Å². The first-order valence-electron chi connectivity index (χ1n) is 5.45. The number of hydrogen-bond donors (Lipinski definition) is 2. The topological polar surface area (TPSA) is 60.2 Å². The molecule has 0 saturated heterocycles. The molecular formula is C11H16F3N3O. The van der Waals surface area contributed by atoms with Crippen molar-refractivity contribution >= 4 is 0 Å². The highest BCUT2D eigenvalue weighted by Gasteiger charge is 2.36. The van der Waals surface area contributed by atoms with Gasteiger partial charge in [-0.3, -0.25) is 16.3 Å². The first-order valence-corrected chi connectivity index (χ1v) is 5.45. The number of ether oxygens (including phenoxy) is 1. The van der Waals surface area contributed by atoms with Gasteiger partial charge in [-0.2, -0.15) is 13.2 Å². The summed E-state index contributed by atoms with van der Waals surface area (Å²) in [5.74, 6) is 5.34. The fourth-order valence-corrected chi connectivity index (χ4v) is 1.85. The lowest BCUT2D eigenvalue weighted by molar-refractivity contribution is -0.138. The molecule has 0 fully saturated rings. The van der Waals surface area contributed by atoms with E-state index in [0.29, 0.717) is 6.42 Å². The number of alkyl halides is 3. The summed E-state index contributed by atoms with van der Waals surface area (Å²) < 4.78 is 43.8. The molecule has 0 aromatic carbocycles. The molecule has 18 heavy (non-hydrogen) atoms. The van der Waals surface area contributed by atoms with E-state index in [4.69, 9.17) is 10.6 Å². The number of pyridine rings is 1. The van der Waals surface area contributed by atoms with Crippen molar-refractivity contribution in [2.24, 2.45) is 5.84 Å². The Morgan fingerprint density at radius 3 is 2.61 bits per heavy atom. The van der Waals surface area contributed by atoms with Crippen LogP contribution in [0.5, 0.6) is 0 Å². The van der Waals surface area contributed by atoms with Gasteiger partial charge in [0.05, 0.1) is 17.7 Å². The van der Waals surface area contributed by atoms with E-state index in [0.717, 1.165) is 18.5 Å². The lowest BCUT2D eigenvalue weighted by Crippen LogP contribution is -2.38. The van der Waals surface area contributed by atoms with Crippen molar-refractivity contribution in [1.29, 1.82) is 0 Å². The van der Waals surface area contributed by atoms with Crippen molar-refractivity contribution in [2.75, 3.05) is 7.11 Å². The molecule has 3 N–H and O–H groups in total. The maximum absolute atomic E-state index is 12.9. The second kappa shape index (κ2) is 6.12. The molecule has 0 spiro atoms. The number of halogens is 3. The number of nitrogens with one attached hydrogen (secondary N) is 1. The van der Waals surface area contributed by atoms with E-state index >= 15 is 0 Å². The maximum Gasteiger partial charge on any atom is 0.416 e. The van der Waals surface area contributed by atoms with Crippen molar-refractivity contribution in [1.82, 2.24) is 10.4 Å². The first kappa shape index (κ1) is 14.9. The molecule has 0 bridgehead atoms. The second-order valence-electron chi connectivity index (χ2n) is 3.79. The largest absolute Gasteiger partial charge is 0.416 e. The second-order valence-corrected chi connectivity index (χ2v) is 3.79. The zero-order chi connectivity index (χ0) is 13.8. The van der Waals surface area contributed by atoms with Gasteiger partial charge in [0.2, 0.25) is 0 Å². The molecule has 7 heteroatoms. The van der Waals surface area contributed by atoms with Crippen molar-refractivity contribution in [2.45, 2.75) is 31.7 Å². The van der Waals surface area contributed by atoms with E-state index < -0.39 is 23.9 Å². The quantitative estimate of drug-likeness (QED) is 0.630. The van der Waals surface area contributed by atoms with Crippen LogP contribution >= 0.6 is 0 Å². The summed E-state index contributed by atoms with van der Waals surface area (Å²) in [5.41, 5.74) is 1.60. The van der Waals surface area contributed by atoms with E-state index in [1.807, 2.05) is 6.92 Å². The summed E-state index contributed by atoms with van der Waals surface area (Å²) in [6.45, 7) is 1.81. The zero-order valence-electron chi connectivity index (χ0n) is 10.2. The first-order chi connectivity index (χ1) is 8.45. The van der Waals surface area contributed by atoms with E-state index in [9.17, 15) is 13.2 Å². The summed E-state index contributed by atoms with van der Waals surface area (Å²) >= 11 is 0. The van der Waals surface area contributed by atoms with Gasteiger partial charge in [-0.25, -0.2) is 0 Å². The molecule has 1 aromatic heterocycles. The van der Waals surface area contributed by atoms with Crippen LogP contribution in [0.4, 0.5) is 13.2 Å². The molecule has 2 unspecified atom stereocenters. The Bertz CT molecular complexity index is 380. The molecule has 1 rings (SSSR count). The molecule has 1 heterocycles. The minimum atomic E-state index is -4.45. The van der Waals surface area contributed by atoms with Gasteiger partial charge in [0, 0.05) is 25.1 Å². The minimum Gasteiger partial charge on any atom is -0.379 e. The SMILES string of the molecule is CCC(OC)C(NN)c1cnccc1C(F)(F)F. The Kier molecular flexibility index (Phi) is 5.06. The number of aromatic nitrogens is 1. The van der Waals surface area contributed by atoms with Gasteiger partial charge in [0.15, 0.2) is 0 Å². The fraction of sp³-hybridized carbons (Fsp3) is 0.545. The Morgan fingerprint density at radius 1 is 1.50 bits per heavy atom. The standard InChI is InChI=1S/C11H16F3N3O/c1-3-9(18-2)10(17-15)7-6-16-5-4-8(7)11(12,13)14/h4-6,9-10,17H,3,15H2,1-2H3. The maximum atomic E-state index is 12.9. The molecule has 0 aliphatic heterocycles. The van der Waals surface area contributed by atoms with E-state index in [1.54, 1.807) is 0 Å². The highest BCUT2D eigenvalue weighted by Crippen LogP contribution is 2.35. The monoisotopic (exact) mass is 263 g/mol. The molecule has 0 aliphatic carbocycles. The third-order valence-electron chi connectivity index (χ3n) is 2.75. The molecule has 0 amide bonds. The minimum absolute atomic E-state index is 0.0128. The van der Waals surface area contributed by atoms with Gasteiger partial charge in [-0.15, -0.1) is 0 Å². The van der Waals surface area contributed by atoms with E-state index in [-0.39, 0.29) is 5.56 Å². The Labute approximate surface area is 103 Å². The summed E-state index contributed by atoms with van der Waals surface area (Å²) in [7, 11) is 1.43. The number of methoxy groups -OCH3 is 1. The van der Waals surface area contributed by atoms with E-state index in [2.05, 4.69) is 10.4 Å². The van der Waals surface area contributed by atoms with Gasteiger partial charge in [-0.1, -0.05) is 6.92 Å². The predicted octanol–water partition coefficient (Wildman–Crippen LogP) is 2.03. The van der Waals surface area contributed by atoms with Crippen LogP contribution in [0.2, 0.25) is 0 Å². The average Bonchev–Trinajstić information content (AvgIpc) is 2.34. The molecule has 0 saturated carbocycles. The predicted molar refractivity (Wildman–Crippen MR) is 60.4 cm³/mol. The van der Waals surface area contributed by atoms with Crippen LogP contribution in [0.25, 0.3) is 0 Å². The fourth-order valence-electron chi connectivity index (χ4n) is 1.85. The lowest BCUT2D eigenvalue weighted by atomic mass is 9.97. The lowest BCUT2D eigenvalue weighted by Gasteiger charge is -2.26. The molecule has 0 radical (unpaired) electrons. The Hall–Kier alpha value is -1.18. The molecular weight excluding hydrogens is 247 g/mol. The van der Waals surface area contributed by atoms with Crippen LogP contribution in [0.1, 0.15) is 30.5 Å². The third-order valence-corrected chi connectivity index (χ3v) is 2.75. The molecule has 1 aromatic rings. The van der Waals surface area contributed by atoms with Crippen LogP contribution in [-0.2, 0) is 10.9 Å². The van der Waals surface area contributed by atoms with Gasteiger partial charge in [0.25, 0.3) is 0 Å². The van der Waals surface area contributed by atoms with Crippen LogP contribution in [0.15, 0.2) is 18.5 Å². The average molecular weight is 263 g/mol. The molecule has 102 valence electrons. The zero-order valence-corrected chi connectivity index (χ0v) is 10.2. The van der Waals surface area contributed by atoms with Crippen molar-refractivity contribution < 1.29 is 17.9 Å². The summed E-state index contributed by atoms with van der Waals surface area (Å²) in [4.78, 5) is 3.73. The summed E-state index contributed by atoms with van der Waals surface area (Å²) in [6, 6.07) is 0.174. The molecule has 4 nitrogen and oxygen atoms in total. The number of nitrogens with zero attached hydrogens (tertiary/aromatic N) is 1. The van der Waals surface area contributed by atoms with Crippen LogP contribution in [0.3, 0.4) is 0 Å². The van der Waals surface area contributed by atoms with Gasteiger partial charge in [-0.05, 0) is 12.5 Å². The smallest absolute Gasteiger partial charge is 0.379 e. The van der Waals surface area contributed by atoms with Gasteiger partial charge < -0.3 is 4.74 Å². The number of hydrazine groups is 1. The number of nitrogens with two attached hydrogens (primary N) is 1. The Morgan fingerprint density at radius 2 is 2.17 bits per heavy atom. The number of rotatable bonds is 5. The Balaban J connectivity index is 3.21. The number of hydrogen-bond acceptors (Lipinski definition) is 4. The highest BCUT2D eigenvalue weighted by molar-refractivity contribution is 5.30. The molecule has 2 atom stereocenters.